The van der Waals surface area contributed by atoms with E-state index in [0.29, 0.717) is 0 Å². The Morgan fingerprint density at radius 2 is 2.12 bits per heavy atom. The Labute approximate surface area is 109 Å². The Morgan fingerprint density at radius 3 is 2.75 bits per heavy atom. The molecular formula is C13H14BrNS. The molecule has 1 aromatic heterocycles. The van der Waals surface area contributed by atoms with E-state index in [-0.39, 0.29) is 6.04 Å². The van der Waals surface area contributed by atoms with E-state index in [2.05, 4.69) is 63.2 Å². The third-order valence-electron chi connectivity index (χ3n) is 2.79. The summed E-state index contributed by atoms with van der Waals surface area (Å²) in [4.78, 5) is 0. The molecule has 0 aliphatic carbocycles. The summed E-state index contributed by atoms with van der Waals surface area (Å²) in [5.41, 5.74) is 3.96. The van der Waals surface area contributed by atoms with Gasteiger partial charge in [0.05, 0.1) is 6.04 Å². The molecule has 0 saturated carbocycles. The summed E-state index contributed by atoms with van der Waals surface area (Å²) in [5.74, 6) is 0. The van der Waals surface area contributed by atoms with E-state index in [1.54, 1.807) is 11.3 Å². The lowest BCUT2D eigenvalue weighted by atomic mass is 9.97. The molecule has 0 bridgehead atoms. The minimum Gasteiger partial charge on any atom is -0.309 e. The van der Waals surface area contributed by atoms with E-state index < -0.39 is 0 Å². The van der Waals surface area contributed by atoms with Gasteiger partial charge in [0, 0.05) is 4.47 Å². The van der Waals surface area contributed by atoms with Gasteiger partial charge < -0.3 is 5.32 Å². The van der Waals surface area contributed by atoms with Gasteiger partial charge in [-0.3, -0.25) is 0 Å². The lowest BCUT2D eigenvalue weighted by Crippen LogP contribution is -2.18. The van der Waals surface area contributed by atoms with Gasteiger partial charge in [-0.25, -0.2) is 0 Å². The summed E-state index contributed by atoms with van der Waals surface area (Å²) in [6.45, 7) is 2.15. The minimum absolute atomic E-state index is 0.281. The zero-order chi connectivity index (χ0) is 11.5. The molecule has 1 aromatic carbocycles. The van der Waals surface area contributed by atoms with Crippen LogP contribution in [0.15, 0.2) is 39.5 Å². The molecule has 0 aliphatic heterocycles. The second-order valence-electron chi connectivity index (χ2n) is 3.73. The highest BCUT2D eigenvalue weighted by molar-refractivity contribution is 9.10. The summed E-state index contributed by atoms with van der Waals surface area (Å²) in [6, 6.07) is 8.80. The summed E-state index contributed by atoms with van der Waals surface area (Å²) >= 11 is 5.32. The normalized spacial score (nSPS) is 12.7. The Bertz CT molecular complexity index is 465. The molecule has 1 unspecified atom stereocenters. The average Bonchev–Trinajstić information content (AvgIpc) is 2.79. The standard InChI is InChI=1S/C13H14BrNS/c1-9-11(4-3-5-12(9)14)13(15-2)10-6-7-16-8-10/h3-8,13,15H,1-2H3. The fourth-order valence-electron chi connectivity index (χ4n) is 1.88. The fraction of sp³-hybridized carbons (Fsp3) is 0.231. The van der Waals surface area contributed by atoms with Crippen LogP contribution >= 0.6 is 27.3 Å². The van der Waals surface area contributed by atoms with Crippen LogP contribution < -0.4 is 5.32 Å². The molecule has 1 N–H and O–H groups in total. The van der Waals surface area contributed by atoms with Crippen molar-refractivity contribution in [2.45, 2.75) is 13.0 Å². The van der Waals surface area contributed by atoms with E-state index in [1.807, 2.05) is 7.05 Å². The van der Waals surface area contributed by atoms with Gasteiger partial charge in [0.25, 0.3) is 0 Å². The second-order valence-corrected chi connectivity index (χ2v) is 5.37. The highest BCUT2D eigenvalue weighted by Gasteiger charge is 2.15. The molecule has 16 heavy (non-hydrogen) atoms. The molecule has 0 fully saturated rings. The van der Waals surface area contributed by atoms with E-state index in [0.717, 1.165) is 0 Å². The van der Waals surface area contributed by atoms with Gasteiger partial charge in [-0.15, -0.1) is 0 Å². The van der Waals surface area contributed by atoms with Crippen LogP contribution in [-0.2, 0) is 0 Å². The van der Waals surface area contributed by atoms with Gasteiger partial charge in [-0.2, -0.15) is 11.3 Å². The smallest absolute Gasteiger partial charge is 0.0585 e. The Balaban J connectivity index is 2.45. The molecule has 1 nitrogen and oxygen atoms in total. The van der Waals surface area contributed by atoms with Gasteiger partial charge in [-0.05, 0) is 53.6 Å². The van der Waals surface area contributed by atoms with Crippen molar-refractivity contribution in [3.63, 3.8) is 0 Å². The third kappa shape index (κ3) is 2.21. The number of nitrogens with one attached hydrogen (secondary N) is 1. The lowest BCUT2D eigenvalue weighted by Gasteiger charge is -2.18. The number of benzene rings is 1. The molecule has 0 radical (unpaired) electrons. The molecular weight excluding hydrogens is 282 g/mol. The quantitative estimate of drug-likeness (QED) is 0.898. The van der Waals surface area contributed by atoms with Gasteiger partial charge >= 0.3 is 0 Å². The number of rotatable bonds is 3. The van der Waals surface area contributed by atoms with Crippen molar-refractivity contribution < 1.29 is 0 Å². The molecule has 84 valence electrons. The van der Waals surface area contributed by atoms with E-state index >= 15 is 0 Å². The van der Waals surface area contributed by atoms with Crippen molar-refractivity contribution in [1.82, 2.24) is 5.32 Å². The number of halogens is 1. The van der Waals surface area contributed by atoms with Crippen LogP contribution in [0.25, 0.3) is 0 Å². The van der Waals surface area contributed by atoms with Gasteiger partial charge in [-0.1, -0.05) is 28.1 Å². The van der Waals surface area contributed by atoms with Gasteiger partial charge in [0.1, 0.15) is 0 Å². The van der Waals surface area contributed by atoms with E-state index in [9.17, 15) is 0 Å². The molecule has 3 heteroatoms. The first-order chi connectivity index (χ1) is 7.74. The monoisotopic (exact) mass is 295 g/mol. The van der Waals surface area contributed by atoms with Crippen LogP contribution in [0, 0.1) is 6.92 Å². The highest BCUT2D eigenvalue weighted by Crippen LogP contribution is 2.29. The Morgan fingerprint density at radius 1 is 1.31 bits per heavy atom. The SMILES string of the molecule is CNC(c1ccsc1)c1cccc(Br)c1C. The number of hydrogen-bond donors (Lipinski definition) is 1. The molecule has 0 spiro atoms. The zero-order valence-corrected chi connectivity index (χ0v) is 11.7. The maximum atomic E-state index is 3.58. The Hall–Kier alpha value is -0.640. The van der Waals surface area contributed by atoms with Crippen molar-refractivity contribution in [3.8, 4) is 0 Å². The molecule has 1 heterocycles. The topological polar surface area (TPSA) is 12.0 Å². The first-order valence-electron chi connectivity index (χ1n) is 5.18. The van der Waals surface area contributed by atoms with Crippen LogP contribution in [0.4, 0.5) is 0 Å². The molecule has 2 aromatic rings. The van der Waals surface area contributed by atoms with Crippen LogP contribution in [0.2, 0.25) is 0 Å². The third-order valence-corrected chi connectivity index (χ3v) is 4.35. The van der Waals surface area contributed by atoms with Crippen molar-refractivity contribution in [2.24, 2.45) is 0 Å². The number of thiophene rings is 1. The molecule has 2 rings (SSSR count). The second kappa shape index (κ2) is 5.13. The maximum absolute atomic E-state index is 3.58. The Kier molecular flexibility index (Phi) is 3.79. The summed E-state index contributed by atoms with van der Waals surface area (Å²) in [5, 5.41) is 7.69. The largest absolute Gasteiger partial charge is 0.309 e. The fourth-order valence-corrected chi connectivity index (χ4v) is 2.95. The predicted molar refractivity (Wildman–Crippen MR) is 74.1 cm³/mol. The minimum atomic E-state index is 0.281. The zero-order valence-electron chi connectivity index (χ0n) is 9.33. The average molecular weight is 296 g/mol. The van der Waals surface area contributed by atoms with Crippen molar-refractivity contribution in [3.05, 3.63) is 56.2 Å². The highest BCUT2D eigenvalue weighted by atomic mass is 79.9. The van der Waals surface area contributed by atoms with Crippen LogP contribution in [0.5, 0.6) is 0 Å². The van der Waals surface area contributed by atoms with Crippen molar-refractivity contribution in [2.75, 3.05) is 7.05 Å². The van der Waals surface area contributed by atoms with Gasteiger partial charge in [0.15, 0.2) is 0 Å². The molecule has 0 saturated heterocycles. The predicted octanol–water partition coefficient (Wildman–Crippen LogP) is 4.13. The summed E-state index contributed by atoms with van der Waals surface area (Å²) < 4.78 is 1.17. The van der Waals surface area contributed by atoms with Gasteiger partial charge in [0.2, 0.25) is 0 Å². The first-order valence-corrected chi connectivity index (χ1v) is 6.92. The van der Waals surface area contributed by atoms with Crippen LogP contribution in [-0.4, -0.2) is 7.05 Å². The maximum Gasteiger partial charge on any atom is 0.0585 e. The molecule has 0 aliphatic rings. The summed E-state index contributed by atoms with van der Waals surface area (Å²) in [7, 11) is 2.00. The lowest BCUT2D eigenvalue weighted by molar-refractivity contribution is 0.689. The first kappa shape index (κ1) is 11.8. The van der Waals surface area contributed by atoms with E-state index in [4.69, 9.17) is 0 Å². The van der Waals surface area contributed by atoms with Crippen molar-refractivity contribution in [1.29, 1.82) is 0 Å². The number of hydrogen-bond acceptors (Lipinski definition) is 2. The van der Waals surface area contributed by atoms with Crippen LogP contribution in [0.3, 0.4) is 0 Å². The molecule has 0 amide bonds. The van der Waals surface area contributed by atoms with Crippen LogP contribution in [0.1, 0.15) is 22.7 Å². The van der Waals surface area contributed by atoms with E-state index in [1.165, 1.54) is 21.2 Å². The summed E-state index contributed by atoms with van der Waals surface area (Å²) in [6.07, 6.45) is 0. The van der Waals surface area contributed by atoms with Crippen molar-refractivity contribution >= 4 is 27.3 Å². The molecule has 1 atom stereocenters.